The number of benzene rings is 1. The molecule has 5 atom stereocenters. The van der Waals surface area contributed by atoms with Crippen molar-refractivity contribution in [1.82, 2.24) is 0 Å². The summed E-state index contributed by atoms with van der Waals surface area (Å²) in [6, 6.07) is 9.74. The number of ketones is 1. The predicted octanol–water partition coefficient (Wildman–Crippen LogP) is 2.63. The highest BCUT2D eigenvalue weighted by atomic mass is 16.8. The highest BCUT2D eigenvalue weighted by Gasteiger charge is 2.56. The van der Waals surface area contributed by atoms with Crippen molar-refractivity contribution in [2.24, 2.45) is 5.92 Å². The lowest BCUT2D eigenvalue weighted by atomic mass is 9.89. The molecule has 1 aromatic carbocycles. The molecule has 0 N–H and O–H groups in total. The zero-order valence-electron chi connectivity index (χ0n) is 15.4. The van der Waals surface area contributed by atoms with Crippen molar-refractivity contribution < 1.29 is 28.5 Å². The average Bonchev–Trinajstić information content (AvgIpc) is 3.05. The Morgan fingerprint density at radius 3 is 2.65 bits per heavy atom. The van der Waals surface area contributed by atoms with Crippen LogP contribution >= 0.6 is 0 Å². The molecule has 0 aliphatic carbocycles. The van der Waals surface area contributed by atoms with Gasteiger partial charge in [0, 0.05) is 18.8 Å². The molecule has 2 fully saturated rings. The molecule has 2 aliphatic heterocycles. The topological polar surface area (TPSA) is 71.1 Å². The minimum Gasteiger partial charge on any atom is -0.370 e. The van der Waals surface area contributed by atoms with Gasteiger partial charge in [-0.25, -0.2) is 0 Å². The number of hydrogen-bond acceptors (Lipinski definition) is 6. The van der Waals surface area contributed by atoms with Gasteiger partial charge in [0.05, 0.1) is 18.8 Å². The molecule has 142 valence electrons. The van der Waals surface area contributed by atoms with Gasteiger partial charge in [0.2, 0.25) is 0 Å². The second kappa shape index (κ2) is 7.96. The minimum absolute atomic E-state index is 0.0467. The second-order valence-corrected chi connectivity index (χ2v) is 7.38. The fourth-order valence-corrected chi connectivity index (χ4v) is 3.69. The maximum absolute atomic E-state index is 11.8. The predicted molar refractivity (Wildman–Crippen MR) is 93.2 cm³/mol. The van der Waals surface area contributed by atoms with Gasteiger partial charge in [-0.05, 0) is 26.3 Å². The van der Waals surface area contributed by atoms with E-state index < -0.39 is 24.3 Å². The van der Waals surface area contributed by atoms with Crippen LogP contribution in [0.15, 0.2) is 30.3 Å². The number of ether oxygens (including phenoxy) is 4. The summed E-state index contributed by atoms with van der Waals surface area (Å²) in [6.07, 6.45) is -0.465. The average molecular weight is 362 g/mol. The first kappa shape index (κ1) is 19.2. The summed E-state index contributed by atoms with van der Waals surface area (Å²) in [5.74, 6) is -0.911. The largest absolute Gasteiger partial charge is 0.370 e. The number of hydrogen-bond donors (Lipinski definition) is 0. The fraction of sp³-hybridized carbons (Fsp3) is 0.600. The SMILES string of the molecule is CC(=O)C[C@H]1[C@H]2OC(C)(C)O[C@H]2O[C@@H]1[C@@H](CC=O)OCc1ccccc1. The molecule has 0 unspecified atom stereocenters. The standard InChI is InChI=1S/C20H26O6/c1-13(22)11-15-17(24-19-18(15)25-20(2,3)26-19)16(9-10-21)23-12-14-7-5-4-6-8-14/h4-8,10,15-19H,9,11-12H2,1-3H3/t15-,16-,17+,18-,19-/m1/s1. The highest BCUT2D eigenvalue weighted by Crippen LogP contribution is 2.44. The number of Topliss-reactive ketones (excluding diaryl/α,β-unsaturated/α-hetero) is 1. The van der Waals surface area contributed by atoms with Crippen molar-refractivity contribution in [3.8, 4) is 0 Å². The number of aldehydes is 1. The Bertz CT molecular complexity index is 628. The van der Waals surface area contributed by atoms with Crippen LogP contribution < -0.4 is 0 Å². The van der Waals surface area contributed by atoms with Crippen LogP contribution in [0.1, 0.15) is 39.2 Å². The Morgan fingerprint density at radius 2 is 2.00 bits per heavy atom. The first-order valence-electron chi connectivity index (χ1n) is 8.99. The van der Waals surface area contributed by atoms with Crippen molar-refractivity contribution in [1.29, 1.82) is 0 Å². The Hall–Kier alpha value is -1.60. The van der Waals surface area contributed by atoms with E-state index in [2.05, 4.69) is 0 Å². The van der Waals surface area contributed by atoms with Crippen LogP contribution in [0.25, 0.3) is 0 Å². The summed E-state index contributed by atoms with van der Waals surface area (Å²) in [5, 5.41) is 0. The van der Waals surface area contributed by atoms with Crippen LogP contribution in [0.3, 0.4) is 0 Å². The normalized spacial score (nSPS) is 30.7. The van der Waals surface area contributed by atoms with E-state index in [1.54, 1.807) is 6.92 Å². The van der Waals surface area contributed by atoms with Gasteiger partial charge in [0.15, 0.2) is 12.1 Å². The van der Waals surface area contributed by atoms with Crippen molar-refractivity contribution in [2.45, 2.75) is 70.6 Å². The lowest BCUT2D eigenvalue weighted by molar-refractivity contribution is -0.224. The van der Waals surface area contributed by atoms with Crippen LogP contribution in [0, 0.1) is 5.92 Å². The second-order valence-electron chi connectivity index (χ2n) is 7.38. The highest BCUT2D eigenvalue weighted by molar-refractivity contribution is 5.76. The van der Waals surface area contributed by atoms with Crippen LogP contribution in [0.5, 0.6) is 0 Å². The summed E-state index contributed by atoms with van der Waals surface area (Å²) in [5.41, 5.74) is 1.01. The first-order valence-corrected chi connectivity index (χ1v) is 8.99. The quantitative estimate of drug-likeness (QED) is 0.662. The van der Waals surface area contributed by atoms with E-state index in [0.29, 0.717) is 13.0 Å². The number of carbonyl (C=O) groups excluding carboxylic acids is 2. The molecular weight excluding hydrogens is 336 g/mol. The van der Waals surface area contributed by atoms with Crippen LogP contribution in [-0.2, 0) is 35.1 Å². The van der Waals surface area contributed by atoms with Gasteiger partial charge in [-0.15, -0.1) is 0 Å². The van der Waals surface area contributed by atoms with E-state index in [9.17, 15) is 9.59 Å². The Labute approximate surface area is 153 Å². The molecule has 6 heteroatoms. The maximum Gasteiger partial charge on any atom is 0.187 e. The molecule has 0 radical (unpaired) electrons. The smallest absolute Gasteiger partial charge is 0.187 e. The molecule has 1 aromatic rings. The minimum atomic E-state index is -0.750. The van der Waals surface area contributed by atoms with Gasteiger partial charge < -0.3 is 28.5 Å². The Balaban J connectivity index is 1.74. The van der Waals surface area contributed by atoms with Crippen LogP contribution in [0.2, 0.25) is 0 Å². The van der Waals surface area contributed by atoms with Gasteiger partial charge in [0.25, 0.3) is 0 Å². The molecule has 0 aromatic heterocycles. The summed E-state index contributed by atoms with van der Waals surface area (Å²) in [7, 11) is 0. The molecule has 2 aliphatic rings. The summed E-state index contributed by atoms with van der Waals surface area (Å²) in [6.45, 7) is 5.56. The van der Waals surface area contributed by atoms with Gasteiger partial charge >= 0.3 is 0 Å². The molecule has 0 bridgehead atoms. The third-order valence-electron chi connectivity index (χ3n) is 4.75. The van der Waals surface area contributed by atoms with Crippen LogP contribution in [0.4, 0.5) is 0 Å². The van der Waals surface area contributed by atoms with E-state index in [-0.39, 0.29) is 24.2 Å². The van der Waals surface area contributed by atoms with Crippen molar-refractivity contribution in [2.75, 3.05) is 0 Å². The molecule has 3 rings (SSSR count). The summed E-state index contributed by atoms with van der Waals surface area (Å²) < 4.78 is 23.8. The van der Waals surface area contributed by atoms with Gasteiger partial charge in [0.1, 0.15) is 18.2 Å². The summed E-state index contributed by atoms with van der Waals surface area (Å²) in [4.78, 5) is 23.0. The monoisotopic (exact) mass is 362 g/mol. The van der Waals surface area contributed by atoms with E-state index >= 15 is 0 Å². The molecule has 2 saturated heterocycles. The Kier molecular flexibility index (Phi) is 5.87. The van der Waals surface area contributed by atoms with Gasteiger partial charge in [-0.3, -0.25) is 0 Å². The lowest BCUT2D eigenvalue weighted by Crippen LogP contribution is -2.39. The molecule has 0 amide bonds. The molecule has 0 saturated carbocycles. The zero-order valence-corrected chi connectivity index (χ0v) is 15.4. The molecular formula is C20H26O6. The third kappa shape index (κ3) is 4.38. The van der Waals surface area contributed by atoms with E-state index in [1.165, 1.54) is 0 Å². The maximum atomic E-state index is 11.8. The number of rotatable bonds is 8. The van der Waals surface area contributed by atoms with Crippen molar-refractivity contribution in [3.05, 3.63) is 35.9 Å². The fourth-order valence-electron chi connectivity index (χ4n) is 3.69. The zero-order chi connectivity index (χ0) is 18.7. The van der Waals surface area contributed by atoms with Crippen molar-refractivity contribution in [3.63, 3.8) is 0 Å². The van der Waals surface area contributed by atoms with E-state index in [0.717, 1.165) is 11.8 Å². The summed E-state index contributed by atoms with van der Waals surface area (Å²) >= 11 is 0. The van der Waals surface area contributed by atoms with Crippen LogP contribution in [-0.4, -0.2) is 42.5 Å². The van der Waals surface area contributed by atoms with E-state index in [4.69, 9.17) is 18.9 Å². The Morgan fingerprint density at radius 1 is 1.27 bits per heavy atom. The van der Waals surface area contributed by atoms with E-state index in [1.807, 2.05) is 44.2 Å². The van der Waals surface area contributed by atoms with Gasteiger partial charge in [-0.1, -0.05) is 30.3 Å². The van der Waals surface area contributed by atoms with Crippen molar-refractivity contribution >= 4 is 12.1 Å². The number of carbonyl (C=O) groups is 2. The van der Waals surface area contributed by atoms with Gasteiger partial charge in [-0.2, -0.15) is 0 Å². The molecule has 26 heavy (non-hydrogen) atoms. The lowest BCUT2D eigenvalue weighted by Gasteiger charge is -2.30. The number of fused-ring (bicyclic) bond motifs is 1. The molecule has 0 spiro atoms. The molecule has 6 nitrogen and oxygen atoms in total. The molecule has 2 heterocycles. The first-order chi connectivity index (χ1) is 12.4. The third-order valence-corrected chi connectivity index (χ3v) is 4.75.